The van der Waals surface area contributed by atoms with Gasteiger partial charge in [-0.1, -0.05) is 24.3 Å². The lowest BCUT2D eigenvalue weighted by Crippen LogP contribution is -2.30. The third-order valence-corrected chi connectivity index (χ3v) is 5.63. The Kier molecular flexibility index (Phi) is 6.25. The topological polar surface area (TPSA) is 29.5 Å². The second kappa shape index (κ2) is 8.83. The molecular formula is C20H21NO2S2. The molecular weight excluding hydrogens is 350 g/mol. The average Bonchev–Trinajstić information content (AvgIpc) is 3.33. The minimum absolute atomic E-state index is 0.172. The zero-order valence-electron chi connectivity index (χ0n) is 14.2. The molecule has 2 aromatic heterocycles. The Labute approximate surface area is 156 Å². The molecule has 3 aromatic rings. The van der Waals surface area contributed by atoms with E-state index in [0.717, 1.165) is 17.7 Å². The van der Waals surface area contributed by atoms with E-state index < -0.39 is 0 Å². The molecule has 0 aliphatic heterocycles. The first-order valence-electron chi connectivity index (χ1n) is 8.19. The third-order valence-electron chi connectivity index (χ3n) is 4.04. The van der Waals surface area contributed by atoms with Gasteiger partial charge in [-0.05, 0) is 46.3 Å². The van der Waals surface area contributed by atoms with Gasteiger partial charge >= 0.3 is 0 Å². The van der Waals surface area contributed by atoms with Gasteiger partial charge in [0.2, 0.25) is 5.91 Å². The Hall–Kier alpha value is -2.11. The number of methoxy groups -OCH3 is 1. The van der Waals surface area contributed by atoms with Crippen molar-refractivity contribution in [1.82, 2.24) is 4.90 Å². The molecule has 0 atom stereocenters. The standard InChI is InChI=1S/C20H21NO2S2/c1-23-19-7-3-2-5-17(19)13-21(14-18-6-4-11-25-18)20(22)9-8-16-10-12-24-15-16/h2-7,10-12,15H,8-9,13-14H2,1H3. The maximum atomic E-state index is 12.9. The summed E-state index contributed by atoms with van der Waals surface area (Å²) in [6, 6.07) is 14.1. The van der Waals surface area contributed by atoms with Crippen molar-refractivity contribution >= 4 is 28.6 Å². The molecule has 0 bridgehead atoms. The molecule has 0 aliphatic carbocycles. The van der Waals surface area contributed by atoms with Gasteiger partial charge in [0.15, 0.2) is 0 Å². The fourth-order valence-electron chi connectivity index (χ4n) is 2.71. The number of amides is 1. The van der Waals surface area contributed by atoms with Crippen molar-refractivity contribution in [2.45, 2.75) is 25.9 Å². The van der Waals surface area contributed by atoms with Crippen LogP contribution in [0.3, 0.4) is 0 Å². The molecule has 5 heteroatoms. The van der Waals surface area contributed by atoms with Gasteiger partial charge in [-0.2, -0.15) is 11.3 Å². The minimum Gasteiger partial charge on any atom is -0.496 e. The Morgan fingerprint density at radius 3 is 2.68 bits per heavy atom. The van der Waals surface area contributed by atoms with Crippen LogP contribution in [0.2, 0.25) is 0 Å². The molecule has 0 N–H and O–H groups in total. The van der Waals surface area contributed by atoms with Crippen LogP contribution in [-0.4, -0.2) is 17.9 Å². The van der Waals surface area contributed by atoms with Gasteiger partial charge in [0.1, 0.15) is 5.75 Å². The van der Waals surface area contributed by atoms with Crippen molar-refractivity contribution in [3.8, 4) is 5.75 Å². The van der Waals surface area contributed by atoms with E-state index in [1.807, 2.05) is 40.6 Å². The lowest BCUT2D eigenvalue weighted by Gasteiger charge is -2.23. The largest absolute Gasteiger partial charge is 0.496 e. The van der Waals surface area contributed by atoms with Gasteiger partial charge in [0, 0.05) is 23.4 Å². The lowest BCUT2D eigenvalue weighted by molar-refractivity contribution is -0.132. The van der Waals surface area contributed by atoms with Crippen molar-refractivity contribution < 1.29 is 9.53 Å². The van der Waals surface area contributed by atoms with E-state index in [9.17, 15) is 4.79 Å². The molecule has 130 valence electrons. The second-order valence-electron chi connectivity index (χ2n) is 5.77. The summed E-state index contributed by atoms with van der Waals surface area (Å²) in [5, 5.41) is 6.21. The van der Waals surface area contributed by atoms with Crippen LogP contribution < -0.4 is 4.74 Å². The van der Waals surface area contributed by atoms with Gasteiger partial charge < -0.3 is 9.64 Å². The number of nitrogens with zero attached hydrogens (tertiary/aromatic N) is 1. The summed E-state index contributed by atoms with van der Waals surface area (Å²) in [6.45, 7) is 1.20. The van der Waals surface area contributed by atoms with E-state index in [1.165, 1.54) is 10.4 Å². The quantitative estimate of drug-likeness (QED) is 0.559. The van der Waals surface area contributed by atoms with Crippen molar-refractivity contribution in [2.75, 3.05) is 7.11 Å². The predicted molar refractivity (Wildman–Crippen MR) is 104 cm³/mol. The molecule has 3 nitrogen and oxygen atoms in total. The molecule has 2 heterocycles. The summed E-state index contributed by atoms with van der Waals surface area (Å²) >= 11 is 3.35. The molecule has 0 saturated heterocycles. The zero-order valence-corrected chi connectivity index (χ0v) is 15.8. The van der Waals surface area contributed by atoms with E-state index in [0.29, 0.717) is 19.5 Å². The molecule has 0 spiro atoms. The highest BCUT2D eigenvalue weighted by Gasteiger charge is 2.17. The molecule has 0 radical (unpaired) electrons. The normalized spacial score (nSPS) is 10.6. The first-order valence-corrected chi connectivity index (χ1v) is 10.0. The third kappa shape index (κ3) is 4.94. The van der Waals surface area contributed by atoms with E-state index in [4.69, 9.17) is 4.74 Å². The molecule has 1 amide bonds. The molecule has 0 aliphatic rings. The van der Waals surface area contributed by atoms with Crippen LogP contribution in [0, 0.1) is 0 Å². The number of carbonyl (C=O) groups excluding carboxylic acids is 1. The van der Waals surface area contributed by atoms with Crippen LogP contribution in [0.15, 0.2) is 58.6 Å². The van der Waals surface area contributed by atoms with Gasteiger partial charge in [-0.15, -0.1) is 11.3 Å². The minimum atomic E-state index is 0.172. The Morgan fingerprint density at radius 1 is 1.08 bits per heavy atom. The van der Waals surface area contributed by atoms with Crippen LogP contribution in [0.25, 0.3) is 0 Å². The van der Waals surface area contributed by atoms with Crippen LogP contribution in [0.1, 0.15) is 22.4 Å². The highest BCUT2D eigenvalue weighted by atomic mass is 32.1. The van der Waals surface area contributed by atoms with Crippen molar-refractivity contribution in [3.63, 3.8) is 0 Å². The summed E-state index contributed by atoms with van der Waals surface area (Å²) in [6.07, 6.45) is 1.31. The number of hydrogen-bond donors (Lipinski definition) is 0. The summed E-state index contributed by atoms with van der Waals surface area (Å²) < 4.78 is 5.45. The Bertz CT molecular complexity index is 782. The highest BCUT2D eigenvalue weighted by molar-refractivity contribution is 7.09. The first-order chi connectivity index (χ1) is 12.3. The molecule has 0 fully saturated rings. The van der Waals surface area contributed by atoms with Crippen molar-refractivity contribution in [3.05, 3.63) is 74.6 Å². The van der Waals surface area contributed by atoms with E-state index in [1.54, 1.807) is 29.8 Å². The first kappa shape index (κ1) is 17.7. The fraction of sp³-hybridized carbons (Fsp3) is 0.250. The lowest BCUT2D eigenvalue weighted by atomic mass is 10.1. The van der Waals surface area contributed by atoms with E-state index >= 15 is 0 Å². The van der Waals surface area contributed by atoms with Gasteiger partial charge in [-0.25, -0.2) is 0 Å². The number of rotatable bonds is 8. The maximum Gasteiger partial charge on any atom is 0.223 e. The monoisotopic (exact) mass is 371 g/mol. The number of thiophene rings is 2. The summed E-state index contributed by atoms with van der Waals surface area (Å²) in [4.78, 5) is 16.0. The number of benzene rings is 1. The highest BCUT2D eigenvalue weighted by Crippen LogP contribution is 2.22. The van der Waals surface area contributed by atoms with Gasteiger partial charge in [-0.3, -0.25) is 4.79 Å². The van der Waals surface area contributed by atoms with E-state index in [2.05, 4.69) is 22.9 Å². The zero-order chi connectivity index (χ0) is 17.5. The molecule has 3 rings (SSSR count). The van der Waals surface area contributed by atoms with Crippen LogP contribution >= 0.6 is 22.7 Å². The molecule has 0 unspecified atom stereocenters. The molecule has 0 saturated carbocycles. The van der Waals surface area contributed by atoms with Crippen molar-refractivity contribution in [2.24, 2.45) is 0 Å². The Balaban J connectivity index is 1.73. The number of ether oxygens (including phenoxy) is 1. The van der Waals surface area contributed by atoms with E-state index in [-0.39, 0.29) is 5.91 Å². The number of hydrogen-bond acceptors (Lipinski definition) is 4. The predicted octanol–water partition coefficient (Wildman–Crippen LogP) is 4.98. The summed E-state index contributed by atoms with van der Waals surface area (Å²) in [7, 11) is 1.67. The Morgan fingerprint density at radius 2 is 1.96 bits per heavy atom. The van der Waals surface area contributed by atoms with Crippen LogP contribution in [0.5, 0.6) is 5.75 Å². The molecule has 25 heavy (non-hydrogen) atoms. The number of carbonyl (C=O) groups is 1. The van der Waals surface area contributed by atoms with Crippen LogP contribution in [-0.2, 0) is 24.3 Å². The number of para-hydroxylation sites is 1. The van der Waals surface area contributed by atoms with Crippen molar-refractivity contribution in [1.29, 1.82) is 0 Å². The smallest absolute Gasteiger partial charge is 0.223 e. The second-order valence-corrected chi connectivity index (χ2v) is 7.58. The number of aryl methyl sites for hydroxylation is 1. The van der Waals surface area contributed by atoms with Gasteiger partial charge in [0.25, 0.3) is 0 Å². The summed E-state index contributed by atoms with van der Waals surface area (Å²) in [5.41, 5.74) is 2.26. The molecule has 1 aromatic carbocycles. The fourth-order valence-corrected chi connectivity index (χ4v) is 4.13. The van der Waals surface area contributed by atoms with Gasteiger partial charge in [0.05, 0.1) is 13.7 Å². The maximum absolute atomic E-state index is 12.9. The summed E-state index contributed by atoms with van der Waals surface area (Å²) in [5.74, 6) is 0.995. The SMILES string of the molecule is COc1ccccc1CN(Cc1cccs1)C(=O)CCc1ccsc1. The van der Waals surface area contributed by atoms with Crippen LogP contribution in [0.4, 0.5) is 0 Å². The average molecular weight is 372 g/mol.